The topological polar surface area (TPSA) is 49.8 Å². The highest BCUT2D eigenvalue weighted by molar-refractivity contribution is 6.30. The second-order valence-corrected chi connectivity index (χ2v) is 8.45. The summed E-state index contributed by atoms with van der Waals surface area (Å²) in [7, 11) is 1.79. The molecule has 2 aliphatic heterocycles. The first-order valence-corrected chi connectivity index (χ1v) is 10.3. The number of para-hydroxylation sites is 1. The standard InChI is InChI=1S/C24H22ClNO3/c1-26-23(28)22(19(27)13-10-15-8-11-16(25)12-9-15)21-17-5-2-3-7-20(17)29-24(26)14-4-6-18(21)24/h2-3,5,7-13,18,21,27H,4,6,14H2,1H3/b13-10+,22-19-/t18-,21+,24-/m1/s1. The van der Waals surface area contributed by atoms with Crippen molar-refractivity contribution < 1.29 is 14.6 Å². The molecule has 1 aliphatic carbocycles. The lowest BCUT2D eigenvalue weighted by Gasteiger charge is -2.54. The van der Waals surface area contributed by atoms with Gasteiger partial charge in [-0.3, -0.25) is 4.79 Å². The number of aliphatic hydroxyl groups is 1. The van der Waals surface area contributed by atoms with E-state index in [-0.39, 0.29) is 23.5 Å². The molecular weight excluding hydrogens is 386 g/mol. The molecule has 1 saturated carbocycles. The third-order valence-electron chi connectivity index (χ3n) is 6.57. The number of allylic oxidation sites excluding steroid dienone is 1. The van der Waals surface area contributed by atoms with E-state index in [2.05, 4.69) is 0 Å². The summed E-state index contributed by atoms with van der Waals surface area (Å²) in [6.07, 6.45) is 6.20. The highest BCUT2D eigenvalue weighted by atomic mass is 35.5. The minimum absolute atomic E-state index is 0.0130. The van der Waals surface area contributed by atoms with Gasteiger partial charge in [0.05, 0.1) is 5.57 Å². The number of halogens is 1. The largest absolute Gasteiger partial charge is 0.507 e. The van der Waals surface area contributed by atoms with Crippen LogP contribution in [-0.2, 0) is 4.79 Å². The Morgan fingerprint density at radius 1 is 1.24 bits per heavy atom. The molecule has 2 aromatic rings. The molecule has 5 rings (SSSR count). The lowest BCUT2D eigenvalue weighted by atomic mass is 9.69. The summed E-state index contributed by atoms with van der Waals surface area (Å²) in [5.74, 6) is 0.629. The summed E-state index contributed by atoms with van der Waals surface area (Å²) in [4.78, 5) is 15.1. The zero-order valence-electron chi connectivity index (χ0n) is 16.1. The smallest absolute Gasteiger partial charge is 0.256 e. The molecule has 5 heteroatoms. The fraction of sp³-hybridized carbons (Fsp3) is 0.292. The van der Waals surface area contributed by atoms with E-state index in [0.717, 1.165) is 36.1 Å². The van der Waals surface area contributed by atoms with E-state index in [1.54, 1.807) is 36.2 Å². The average molecular weight is 408 g/mol. The predicted octanol–water partition coefficient (Wildman–Crippen LogP) is 5.31. The second-order valence-electron chi connectivity index (χ2n) is 8.01. The van der Waals surface area contributed by atoms with E-state index in [9.17, 15) is 9.90 Å². The van der Waals surface area contributed by atoms with Crippen molar-refractivity contribution in [2.24, 2.45) is 5.92 Å². The number of hydrogen-bond acceptors (Lipinski definition) is 3. The molecule has 2 bridgehead atoms. The predicted molar refractivity (Wildman–Crippen MR) is 113 cm³/mol. The number of carbonyl (C=O) groups is 1. The summed E-state index contributed by atoms with van der Waals surface area (Å²) in [5.41, 5.74) is 1.73. The molecule has 0 spiro atoms. The third kappa shape index (κ3) is 2.70. The maximum Gasteiger partial charge on any atom is 0.256 e. The van der Waals surface area contributed by atoms with Gasteiger partial charge in [0.2, 0.25) is 0 Å². The van der Waals surface area contributed by atoms with E-state index in [1.165, 1.54) is 0 Å². The molecule has 0 aromatic heterocycles. The van der Waals surface area contributed by atoms with Gasteiger partial charge in [0.15, 0.2) is 5.72 Å². The Bertz CT molecular complexity index is 1040. The van der Waals surface area contributed by atoms with Gasteiger partial charge < -0.3 is 14.7 Å². The summed E-state index contributed by atoms with van der Waals surface area (Å²) in [6.45, 7) is 0. The molecule has 148 valence electrons. The van der Waals surface area contributed by atoms with Crippen molar-refractivity contribution in [3.8, 4) is 5.75 Å². The molecule has 2 heterocycles. The first-order chi connectivity index (χ1) is 14.0. The summed E-state index contributed by atoms with van der Waals surface area (Å²) < 4.78 is 6.44. The molecule has 3 aliphatic rings. The van der Waals surface area contributed by atoms with Crippen LogP contribution in [0.4, 0.5) is 0 Å². The Morgan fingerprint density at radius 3 is 2.79 bits per heavy atom. The van der Waals surface area contributed by atoms with Gasteiger partial charge in [0, 0.05) is 35.9 Å². The molecule has 0 radical (unpaired) electrons. The van der Waals surface area contributed by atoms with Crippen molar-refractivity contribution in [2.75, 3.05) is 7.05 Å². The van der Waals surface area contributed by atoms with Gasteiger partial charge in [0.25, 0.3) is 5.91 Å². The first-order valence-electron chi connectivity index (χ1n) is 9.94. The number of hydrogen-bond donors (Lipinski definition) is 1. The minimum atomic E-state index is -0.611. The fourth-order valence-electron chi connectivity index (χ4n) is 5.21. The molecule has 3 atom stereocenters. The number of piperidine rings is 1. The Labute approximate surface area is 175 Å². The maximum absolute atomic E-state index is 13.4. The number of rotatable bonds is 2. The van der Waals surface area contributed by atoms with Crippen LogP contribution in [-0.4, -0.2) is 28.7 Å². The number of carbonyl (C=O) groups excluding carboxylic acids is 1. The van der Waals surface area contributed by atoms with Crippen molar-refractivity contribution in [1.82, 2.24) is 4.90 Å². The highest BCUT2D eigenvalue weighted by Crippen LogP contribution is 2.59. The van der Waals surface area contributed by atoms with Crippen LogP contribution >= 0.6 is 11.6 Å². The monoisotopic (exact) mass is 407 g/mol. The SMILES string of the molecule is CN1C(=O)/C(=C(O)/C=C/c2ccc(Cl)cc2)[C@H]2c3ccccc3O[C@@]13CCC[C@H]23. The average Bonchev–Trinajstić information content (AvgIpc) is 3.17. The van der Waals surface area contributed by atoms with Gasteiger partial charge in [-0.25, -0.2) is 0 Å². The van der Waals surface area contributed by atoms with Crippen LogP contribution in [0.15, 0.2) is 65.9 Å². The van der Waals surface area contributed by atoms with Gasteiger partial charge in [-0.05, 0) is 42.7 Å². The van der Waals surface area contributed by atoms with Gasteiger partial charge in [-0.1, -0.05) is 48.0 Å². The quantitative estimate of drug-likeness (QED) is 0.542. The van der Waals surface area contributed by atoms with Gasteiger partial charge in [-0.2, -0.15) is 0 Å². The van der Waals surface area contributed by atoms with E-state index in [0.29, 0.717) is 10.6 Å². The van der Waals surface area contributed by atoms with Crippen LogP contribution in [0.5, 0.6) is 5.75 Å². The van der Waals surface area contributed by atoms with Crippen molar-refractivity contribution >= 4 is 23.6 Å². The molecule has 1 saturated heterocycles. The first kappa shape index (κ1) is 18.3. The van der Waals surface area contributed by atoms with E-state index < -0.39 is 5.72 Å². The highest BCUT2D eigenvalue weighted by Gasteiger charge is 2.62. The summed E-state index contributed by atoms with van der Waals surface area (Å²) in [5, 5.41) is 11.7. The summed E-state index contributed by atoms with van der Waals surface area (Å²) in [6, 6.07) is 15.2. The normalized spacial score (nSPS) is 29.4. The fourth-order valence-corrected chi connectivity index (χ4v) is 5.34. The van der Waals surface area contributed by atoms with Gasteiger partial charge in [0.1, 0.15) is 11.5 Å². The number of ether oxygens (including phenoxy) is 1. The number of likely N-dealkylation sites (N-methyl/N-ethyl adjacent to an activating group) is 1. The third-order valence-corrected chi connectivity index (χ3v) is 6.82. The minimum Gasteiger partial charge on any atom is -0.507 e. The number of nitrogens with zero attached hydrogens (tertiary/aromatic N) is 1. The molecule has 2 aromatic carbocycles. The number of aliphatic hydroxyl groups excluding tert-OH is 1. The maximum atomic E-state index is 13.4. The van der Waals surface area contributed by atoms with Crippen molar-refractivity contribution in [3.05, 3.63) is 82.1 Å². The zero-order valence-corrected chi connectivity index (χ0v) is 16.9. The lowest BCUT2D eigenvalue weighted by Crippen LogP contribution is -2.64. The molecule has 0 unspecified atom stereocenters. The van der Waals surface area contributed by atoms with E-state index >= 15 is 0 Å². The van der Waals surface area contributed by atoms with Gasteiger partial charge >= 0.3 is 0 Å². The van der Waals surface area contributed by atoms with Crippen LogP contribution in [0.3, 0.4) is 0 Å². The molecular formula is C24H22ClNO3. The Hall–Kier alpha value is -2.72. The van der Waals surface area contributed by atoms with Crippen LogP contribution in [0.1, 0.15) is 36.3 Å². The van der Waals surface area contributed by atoms with Crippen molar-refractivity contribution in [2.45, 2.75) is 30.9 Å². The molecule has 4 nitrogen and oxygen atoms in total. The van der Waals surface area contributed by atoms with Crippen molar-refractivity contribution in [1.29, 1.82) is 0 Å². The number of fused-ring (bicyclic) bond motifs is 2. The number of benzene rings is 2. The van der Waals surface area contributed by atoms with Crippen LogP contribution in [0, 0.1) is 5.92 Å². The van der Waals surface area contributed by atoms with Crippen molar-refractivity contribution in [3.63, 3.8) is 0 Å². The molecule has 1 amide bonds. The van der Waals surface area contributed by atoms with Gasteiger partial charge in [-0.15, -0.1) is 0 Å². The van der Waals surface area contributed by atoms with Crippen LogP contribution < -0.4 is 4.74 Å². The molecule has 2 fully saturated rings. The Morgan fingerprint density at radius 2 is 2.00 bits per heavy atom. The molecule has 29 heavy (non-hydrogen) atoms. The second kappa shape index (κ2) is 6.67. The zero-order chi connectivity index (χ0) is 20.2. The molecule has 1 N–H and O–H groups in total. The van der Waals surface area contributed by atoms with Crippen LogP contribution in [0.2, 0.25) is 5.02 Å². The lowest BCUT2D eigenvalue weighted by molar-refractivity contribution is -0.166. The van der Waals surface area contributed by atoms with E-state index in [4.69, 9.17) is 16.3 Å². The summed E-state index contributed by atoms with van der Waals surface area (Å²) >= 11 is 5.94. The Balaban J connectivity index is 1.63. The number of likely N-dealkylation sites (tertiary alicyclic amines) is 1. The van der Waals surface area contributed by atoms with E-state index in [1.807, 2.05) is 36.4 Å². The van der Waals surface area contributed by atoms with Crippen LogP contribution in [0.25, 0.3) is 6.08 Å². The number of amides is 1. The Kier molecular flexibility index (Phi) is 4.21.